The van der Waals surface area contributed by atoms with Crippen molar-refractivity contribution < 1.29 is 13.2 Å². The summed E-state index contributed by atoms with van der Waals surface area (Å²) in [6.07, 6.45) is 0. The zero-order valence-corrected chi connectivity index (χ0v) is 12.0. The zero-order valence-electron chi connectivity index (χ0n) is 11.2. The normalized spacial score (nSPS) is 11.1. The van der Waals surface area contributed by atoms with Crippen LogP contribution in [0.1, 0.15) is 19.4 Å². The molecule has 0 bridgehead atoms. The van der Waals surface area contributed by atoms with E-state index in [2.05, 4.69) is 4.72 Å². The lowest BCUT2D eigenvalue weighted by molar-refractivity contribution is 0.416. The third kappa shape index (κ3) is 3.59. The minimum atomic E-state index is -3.61. The summed E-state index contributed by atoms with van der Waals surface area (Å²) in [7, 11) is -2.18. The molecule has 0 fully saturated rings. The van der Waals surface area contributed by atoms with Crippen LogP contribution in [0.3, 0.4) is 0 Å². The van der Waals surface area contributed by atoms with Gasteiger partial charge in [-0.2, -0.15) is 18.0 Å². The van der Waals surface area contributed by atoms with Gasteiger partial charge in [0.2, 0.25) is 0 Å². The van der Waals surface area contributed by atoms with E-state index in [4.69, 9.17) is 10.00 Å². The molecule has 0 radical (unpaired) electrons. The van der Waals surface area contributed by atoms with Crippen LogP contribution in [0.5, 0.6) is 5.75 Å². The van der Waals surface area contributed by atoms with E-state index in [0.29, 0.717) is 30.1 Å². The van der Waals surface area contributed by atoms with Gasteiger partial charge in [0.05, 0.1) is 24.4 Å². The van der Waals surface area contributed by atoms with Crippen molar-refractivity contribution in [3.8, 4) is 11.8 Å². The lowest BCUT2D eigenvalue weighted by Gasteiger charge is -2.20. The van der Waals surface area contributed by atoms with Crippen molar-refractivity contribution in [3.63, 3.8) is 0 Å². The Labute approximate surface area is 113 Å². The molecular formula is C12H17N3O3S. The highest BCUT2D eigenvalue weighted by atomic mass is 32.2. The largest absolute Gasteiger partial charge is 0.495 e. The van der Waals surface area contributed by atoms with E-state index in [-0.39, 0.29) is 0 Å². The van der Waals surface area contributed by atoms with Crippen LogP contribution in [-0.2, 0) is 10.2 Å². The number of benzene rings is 1. The second-order valence-corrected chi connectivity index (χ2v) is 5.39. The number of nitriles is 1. The molecule has 0 saturated heterocycles. The Kier molecular flexibility index (Phi) is 5.15. The molecular weight excluding hydrogens is 266 g/mol. The van der Waals surface area contributed by atoms with E-state index in [9.17, 15) is 8.42 Å². The molecule has 0 aliphatic carbocycles. The molecule has 7 heteroatoms. The average molecular weight is 283 g/mol. The summed E-state index contributed by atoms with van der Waals surface area (Å²) in [6, 6.07) is 6.50. The lowest BCUT2D eigenvalue weighted by atomic mass is 10.2. The molecule has 0 atom stereocenters. The Morgan fingerprint density at radius 3 is 2.47 bits per heavy atom. The van der Waals surface area contributed by atoms with Gasteiger partial charge in [0.15, 0.2) is 0 Å². The van der Waals surface area contributed by atoms with E-state index in [1.165, 1.54) is 29.6 Å². The predicted octanol–water partition coefficient (Wildman–Crippen LogP) is 1.57. The fourth-order valence-electron chi connectivity index (χ4n) is 1.61. The molecule has 19 heavy (non-hydrogen) atoms. The molecule has 0 amide bonds. The molecule has 1 N–H and O–H groups in total. The molecule has 0 aliphatic rings. The summed E-state index contributed by atoms with van der Waals surface area (Å²) in [6.45, 7) is 4.28. The van der Waals surface area contributed by atoms with Gasteiger partial charge in [-0.25, -0.2) is 0 Å². The molecule has 1 aromatic rings. The first kappa shape index (κ1) is 15.3. The van der Waals surface area contributed by atoms with Gasteiger partial charge in [0.1, 0.15) is 5.75 Å². The van der Waals surface area contributed by atoms with Crippen LogP contribution in [0.2, 0.25) is 0 Å². The van der Waals surface area contributed by atoms with Gasteiger partial charge >= 0.3 is 10.2 Å². The molecule has 1 aromatic carbocycles. The Balaban J connectivity index is 3.09. The van der Waals surface area contributed by atoms with Crippen molar-refractivity contribution >= 4 is 15.9 Å². The maximum Gasteiger partial charge on any atom is 0.301 e. The van der Waals surface area contributed by atoms with E-state index in [0.717, 1.165) is 0 Å². The number of ether oxygens (including phenoxy) is 1. The van der Waals surface area contributed by atoms with E-state index in [1.807, 2.05) is 6.07 Å². The monoisotopic (exact) mass is 283 g/mol. The molecule has 0 saturated carbocycles. The van der Waals surface area contributed by atoms with Crippen LogP contribution in [-0.4, -0.2) is 32.9 Å². The highest BCUT2D eigenvalue weighted by Crippen LogP contribution is 2.26. The molecule has 0 unspecified atom stereocenters. The Morgan fingerprint density at radius 2 is 2.00 bits per heavy atom. The standard InChI is InChI=1S/C12H17N3O3S/c1-4-15(5-2)19(16,17)14-11-7-6-10(9-13)8-12(11)18-3/h6-8,14H,4-5H2,1-3H3. The number of methoxy groups -OCH3 is 1. The smallest absolute Gasteiger partial charge is 0.301 e. The number of anilines is 1. The molecule has 1 rings (SSSR count). The van der Waals surface area contributed by atoms with Crippen LogP contribution in [0.4, 0.5) is 5.69 Å². The summed E-state index contributed by atoms with van der Waals surface area (Å²) < 4.78 is 33.0. The second kappa shape index (κ2) is 6.41. The van der Waals surface area contributed by atoms with Crippen LogP contribution in [0, 0.1) is 11.3 Å². The van der Waals surface area contributed by atoms with Gasteiger partial charge in [-0.05, 0) is 12.1 Å². The minimum Gasteiger partial charge on any atom is -0.495 e. The van der Waals surface area contributed by atoms with Crippen molar-refractivity contribution in [1.82, 2.24) is 4.31 Å². The van der Waals surface area contributed by atoms with Gasteiger partial charge in [0, 0.05) is 19.2 Å². The van der Waals surface area contributed by atoms with Crippen molar-refractivity contribution in [2.45, 2.75) is 13.8 Å². The Morgan fingerprint density at radius 1 is 1.37 bits per heavy atom. The Hall–Kier alpha value is -1.78. The maximum atomic E-state index is 12.1. The van der Waals surface area contributed by atoms with Crippen molar-refractivity contribution in [3.05, 3.63) is 23.8 Å². The summed E-state index contributed by atoms with van der Waals surface area (Å²) in [5, 5.41) is 8.79. The third-order valence-electron chi connectivity index (χ3n) is 2.61. The first-order valence-corrected chi connectivity index (χ1v) is 7.28. The van der Waals surface area contributed by atoms with Crippen molar-refractivity contribution in [2.24, 2.45) is 0 Å². The quantitative estimate of drug-likeness (QED) is 0.859. The van der Waals surface area contributed by atoms with Crippen LogP contribution < -0.4 is 9.46 Å². The van der Waals surface area contributed by atoms with E-state index < -0.39 is 10.2 Å². The molecule has 0 aliphatic heterocycles. The van der Waals surface area contributed by atoms with Gasteiger partial charge < -0.3 is 4.74 Å². The van der Waals surface area contributed by atoms with Crippen molar-refractivity contribution in [1.29, 1.82) is 5.26 Å². The predicted molar refractivity (Wildman–Crippen MR) is 73.2 cm³/mol. The van der Waals surface area contributed by atoms with Gasteiger partial charge in [-0.15, -0.1) is 0 Å². The summed E-state index contributed by atoms with van der Waals surface area (Å²) in [5.74, 6) is 0.315. The molecule has 104 valence electrons. The lowest BCUT2D eigenvalue weighted by Crippen LogP contribution is -2.35. The van der Waals surface area contributed by atoms with E-state index in [1.54, 1.807) is 13.8 Å². The highest BCUT2D eigenvalue weighted by Gasteiger charge is 2.20. The number of rotatable bonds is 6. The fraction of sp³-hybridized carbons (Fsp3) is 0.417. The first-order chi connectivity index (χ1) is 8.98. The number of nitrogens with one attached hydrogen (secondary N) is 1. The summed E-state index contributed by atoms with van der Waals surface area (Å²) in [4.78, 5) is 0. The van der Waals surface area contributed by atoms with Crippen LogP contribution in [0.25, 0.3) is 0 Å². The number of hydrogen-bond acceptors (Lipinski definition) is 4. The third-order valence-corrected chi connectivity index (χ3v) is 4.29. The van der Waals surface area contributed by atoms with Gasteiger partial charge in [-0.3, -0.25) is 4.72 Å². The topological polar surface area (TPSA) is 82.4 Å². The fourth-order valence-corrected chi connectivity index (χ4v) is 2.87. The summed E-state index contributed by atoms with van der Waals surface area (Å²) >= 11 is 0. The highest BCUT2D eigenvalue weighted by molar-refractivity contribution is 7.90. The minimum absolute atomic E-state index is 0.313. The van der Waals surface area contributed by atoms with Gasteiger partial charge in [0.25, 0.3) is 0 Å². The van der Waals surface area contributed by atoms with Crippen molar-refractivity contribution in [2.75, 3.05) is 24.9 Å². The molecule has 6 nitrogen and oxygen atoms in total. The average Bonchev–Trinajstić information content (AvgIpc) is 2.39. The number of nitrogens with zero attached hydrogens (tertiary/aromatic N) is 2. The second-order valence-electron chi connectivity index (χ2n) is 3.72. The molecule has 0 spiro atoms. The molecule has 0 heterocycles. The Bertz CT molecular complexity index is 574. The molecule has 0 aromatic heterocycles. The zero-order chi connectivity index (χ0) is 14.5. The number of hydrogen-bond donors (Lipinski definition) is 1. The maximum absolute atomic E-state index is 12.1. The van der Waals surface area contributed by atoms with Gasteiger partial charge in [-0.1, -0.05) is 13.8 Å². The summed E-state index contributed by atoms with van der Waals surface area (Å²) in [5.41, 5.74) is 0.719. The SMILES string of the molecule is CCN(CC)S(=O)(=O)Nc1ccc(C#N)cc1OC. The van der Waals surface area contributed by atoms with Crippen LogP contribution >= 0.6 is 0 Å². The van der Waals surface area contributed by atoms with E-state index >= 15 is 0 Å². The van der Waals surface area contributed by atoms with Crippen LogP contribution in [0.15, 0.2) is 18.2 Å². The first-order valence-electron chi connectivity index (χ1n) is 5.84.